The van der Waals surface area contributed by atoms with Crippen LogP contribution in [0.2, 0.25) is 0 Å². The van der Waals surface area contributed by atoms with Gasteiger partial charge in [-0.15, -0.1) is 10.2 Å². The number of fused-ring (bicyclic) bond motifs is 1. The van der Waals surface area contributed by atoms with Gasteiger partial charge in [-0.3, -0.25) is 0 Å². The fraction of sp³-hybridized carbons (Fsp3) is 0. The Labute approximate surface area is 154 Å². The van der Waals surface area contributed by atoms with E-state index in [9.17, 15) is 8.78 Å². The Morgan fingerprint density at radius 2 is 1.81 bits per heavy atom. The number of hydrogen-bond acceptors (Lipinski definition) is 6. The first-order chi connectivity index (χ1) is 13.2. The predicted molar refractivity (Wildman–Crippen MR) is 94.9 cm³/mol. The molecule has 0 aliphatic carbocycles. The number of nitrogens with zero attached hydrogens (tertiary/aromatic N) is 5. The normalized spacial score (nSPS) is 11.3. The van der Waals surface area contributed by atoms with Crippen molar-refractivity contribution < 1.29 is 13.3 Å². The van der Waals surface area contributed by atoms with Crippen molar-refractivity contribution in [3.63, 3.8) is 0 Å². The number of hydrogen-bond donors (Lipinski definition) is 0. The van der Waals surface area contributed by atoms with E-state index in [4.69, 9.17) is 4.52 Å². The van der Waals surface area contributed by atoms with Crippen LogP contribution in [0.4, 0.5) is 8.78 Å². The van der Waals surface area contributed by atoms with Crippen molar-refractivity contribution in [1.29, 1.82) is 0 Å². The highest BCUT2D eigenvalue weighted by Crippen LogP contribution is 2.31. The third-order valence-electron chi connectivity index (χ3n) is 3.97. The molecule has 6 nitrogen and oxygen atoms in total. The van der Waals surface area contributed by atoms with E-state index in [0.717, 1.165) is 11.6 Å². The van der Waals surface area contributed by atoms with Gasteiger partial charge in [-0.05, 0) is 12.1 Å². The summed E-state index contributed by atoms with van der Waals surface area (Å²) in [5.74, 6) is -1.22. The van der Waals surface area contributed by atoms with Crippen molar-refractivity contribution >= 4 is 16.3 Å². The molecule has 0 aliphatic heterocycles. The van der Waals surface area contributed by atoms with Crippen LogP contribution in [0.25, 0.3) is 38.4 Å². The molecule has 0 amide bonds. The van der Waals surface area contributed by atoms with Crippen molar-refractivity contribution in [2.75, 3.05) is 0 Å². The van der Waals surface area contributed by atoms with E-state index in [-0.39, 0.29) is 11.4 Å². The maximum absolute atomic E-state index is 14.1. The lowest BCUT2D eigenvalue weighted by molar-refractivity contribution is 0.435. The van der Waals surface area contributed by atoms with Crippen LogP contribution in [0, 0.1) is 11.6 Å². The van der Waals surface area contributed by atoms with Gasteiger partial charge >= 0.3 is 0 Å². The van der Waals surface area contributed by atoms with Gasteiger partial charge in [0.2, 0.25) is 4.96 Å². The first-order valence-electron chi connectivity index (χ1n) is 7.90. The van der Waals surface area contributed by atoms with Crippen molar-refractivity contribution in [1.82, 2.24) is 25.0 Å². The van der Waals surface area contributed by atoms with Gasteiger partial charge in [0, 0.05) is 11.6 Å². The summed E-state index contributed by atoms with van der Waals surface area (Å²) in [6.07, 6.45) is 0. The smallest absolute Gasteiger partial charge is 0.235 e. The molecule has 3 aromatic heterocycles. The van der Waals surface area contributed by atoms with E-state index in [1.54, 1.807) is 6.07 Å². The van der Waals surface area contributed by atoms with Crippen LogP contribution in [-0.2, 0) is 0 Å². The SMILES string of the molecule is Fc1cccc(-c2nnc3sc(-c4cc(-c5ccccc5)on4)nn23)c1F. The molecule has 132 valence electrons. The molecule has 0 aliphatic rings. The summed E-state index contributed by atoms with van der Waals surface area (Å²) in [6, 6.07) is 15.2. The molecule has 27 heavy (non-hydrogen) atoms. The minimum absolute atomic E-state index is 0.00974. The average Bonchev–Trinajstić information content (AvgIpc) is 3.40. The molecule has 0 atom stereocenters. The van der Waals surface area contributed by atoms with Gasteiger partial charge in [-0.25, -0.2) is 8.78 Å². The maximum atomic E-state index is 14.1. The molecule has 0 unspecified atom stereocenters. The summed E-state index contributed by atoms with van der Waals surface area (Å²) in [5.41, 5.74) is 1.40. The minimum atomic E-state index is -0.992. The zero-order valence-electron chi connectivity index (χ0n) is 13.5. The van der Waals surface area contributed by atoms with E-state index in [1.165, 1.54) is 28.0 Å². The summed E-state index contributed by atoms with van der Waals surface area (Å²) in [7, 11) is 0. The highest BCUT2D eigenvalue weighted by Gasteiger charge is 2.20. The van der Waals surface area contributed by atoms with Crippen LogP contribution in [0.1, 0.15) is 0 Å². The van der Waals surface area contributed by atoms with Crippen LogP contribution in [0.15, 0.2) is 59.1 Å². The van der Waals surface area contributed by atoms with Crippen LogP contribution in [-0.4, -0.2) is 25.0 Å². The summed E-state index contributed by atoms with van der Waals surface area (Å²) < 4.78 is 34.4. The maximum Gasteiger partial charge on any atom is 0.235 e. The van der Waals surface area contributed by atoms with E-state index < -0.39 is 11.6 Å². The lowest BCUT2D eigenvalue weighted by Crippen LogP contribution is -1.95. The van der Waals surface area contributed by atoms with Gasteiger partial charge < -0.3 is 4.52 Å². The molecule has 0 bridgehead atoms. The molecular weight excluding hydrogens is 372 g/mol. The molecule has 0 saturated heterocycles. The first-order valence-corrected chi connectivity index (χ1v) is 8.71. The highest BCUT2D eigenvalue weighted by atomic mass is 32.1. The summed E-state index contributed by atoms with van der Waals surface area (Å²) >= 11 is 1.22. The number of benzene rings is 2. The first kappa shape index (κ1) is 15.8. The Morgan fingerprint density at radius 1 is 0.963 bits per heavy atom. The Hall–Kier alpha value is -3.46. The lowest BCUT2D eigenvalue weighted by atomic mass is 10.2. The number of aromatic nitrogens is 5. The summed E-state index contributed by atoms with van der Waals surface area (Å²) in [5, 5.41) is 16.9. The topological polar surface area (TPSA) is 69.1 Å². The molecule has 5 rings (SSSR count). The quantitative estimate of drug-likeness (QED) is 0.462. The van der Waals surface area contributed by atoms with E-state index >= 15 is 0 Å². The molecule has 0 fully saturated rings. The molecule has 2 aromatic carbocycles. The van der Waals surface area contributed by atoms with Gasteiger partial charge in [-0.2, -0.15) is 9.61 Å². The van der Waals surface area contributed by atoms with Gasteiger partial charge in [0.1, 0.15) is 5.69 Å². The second-order valence-electron chi connectivity index (χ2n) is 5.67. The molecule has 3 heterocycles. The zero-order valence-corrected chi connectivity index (χ0v) is 14.3. The molecule has 0 N–H and O–H groups in total. The van der Waals surface area contributed by atoms with Crippen LogP contribution >= 0.6 is 11.3 Å². The van der Waals surface area contributed by atoms with Crippen LogP contribution < -0.4 is 0 Å². The third kappa shape index (κ3) is 2.59. The molecule has 9 heteroatoms. The Bertz CT molecular complexity index is 1260. The summed E-state index contributed by atoms with van der Waals surface area (Å²) in [4.78, 5) is 0.438. The minimum Gasteiger partial charge on any atom is -0.356 e. The molecule has 5 aromatic rings. The van der Waals surface area contributed by atoms with Crippen LogP contribution in [0.5, 0.6) is 0 Å². The lowest BCUT2D eigenvalue weighted by Gasteiger charge is -1.99. The second kappa shape index (κ2) is 6.06. The molecular formula is C18H9F2N5OS. The van der Waals surface area contributed by atoms with Crippen molar-refractivity contribution in [3.05, 3.63) is 66.2 Å². The predicted octanol–water partition coefficient (Wildman–Crippen LogP) is 4.45. The van der Waals surface area contributed by atoms with Gasteiger partial charge in [-0.1, -0.05) is 52.9 Å². The zero-order chi connectivity index (χ0) is 18.4. The number of rotatable bonds is 3. The highest BCUT2D eigenvalue weighted by molar-refractivity contribution is 7.19. The fourth-order valence-electron chi connectivity index (χ4n) is 2.68. The van der Waals surface area contributed by atoms with E-state index in [1.807, 2.05) is 30.3 Å². The summed E-state index contributed by atoms with van der Waals surface area (Å²) in [6.45, 7) is 0. The Morgan fingerprint density at radius 3 is 2.67 bits per heavy atom. The molecule has 0 radical (unpaired) electrons. The average molecular weight is 381 g/mol. The molecule has 0 spiro atoms. The van der Waals surface area contributed by atoms with Crippen LogP contribution in [0.3, 0.4) is 0 Å². The van der Waals surface area contributed by atoms with Gasteiger partial charge in [0.05, 0.1) is 5.56 Å². The van der Waals surface area contributed by atoms with Gasteiger partial charge in [0.25, 0.3) is 0 Å². The fourth-order valence-corrected chi connectivity index (χ4v) is 3.47. The Kier molecular flexibility index (Phi) is 3.54. The van der Waals surface area contributed by atoms with Gasteiger partial charge in [0.15, 0.2) is 28.2 Å². The van der Waals surface area contributed by atoms with E-state index in [2.05, 4.69) is 20.5 Å². The largest absolute Gasteiger partial charge is 0.356 e. The van der Waals surface area contributed by atoms with E-state index in [0.29, 0.717) is 21.4 Å². The van der Waals surface area contributed by atoms with Crippen molar-refractivity contribution in [2.24, 2.45) is 0 Å². The number of halogens is 2. The van der Waals surface area contributed by atoms with Crippen molar-refractivity contribution in [2.45, 2.75) is 0 Å². The molecule has 0 saturated carbocycles. The second-order valence-corrected chi connectivity index (χ2v) is 6.62. The third-order valence-corrected chi connectivity index (χ3v) is 4.89. The standard InChI is InChI=1S/C18H9F2N5OS/c19-12-8-4-7-11(15(12)20)16-21-22-18-25(16)23-17(27-18)13-9-14(26-24-13)10-5-2-1-3-6-10/h1-9H. The monoisotopic (exact) mass is 381 g/mol. The Balaban J connectivity index is 1.58. The van der Waals surface area contributed by atoms with Crippen molar-refractivity contribution in [3.8, 4) is 33.4 Å².